The van der Waals surface area contributed by atoms with E-state index < -0.39 is 10.0 Å². The molecule has 0 amide bonds. The summed E-state index contributed by atoms with van der Waals surface area (Å²) in [7, 11) is -1.97. The predicted molar refractivity (Wildman–Crippen MR) is 69.3 cm³/mol. The van der Waals surface area contributed by atoms with Crippen LogP contribution in [0.2, 0.25) is 0 Å². The average Bonchev–Trinajstić information content (AvgIpc) is 2.29. The number of rotatable bonds is 7. The third-order valence-electron chi connectivity index (χ3n) is 2.22. The quantitative estimate of drug-likeness (QED) is 0.815. The zero-order valence-corrected chi connectivity index (χ0v) is 11.7. The van der Waals surface area contributed by atoms with Gasteiger partial charge in [-0.15, -0.1) is 0 Å². The van der Waals surface area contributed by atoms with Crippen LogP contribution in [-0.4, -0.2) is 34.8 Å². The van der Waals surface area contributed by atoms with E-state index in [1.165, 1.54) is 19.2 Å². The molecule has 1 N–H and O–H groups in total. The molecule has 0 fully saturated rings. The van der Waals surface area contributed by atoms with Crippen LogP contribution in [0.25, 0.3) is 0 Å². The van der Waals surface area contributed by atoms with Crippen LogP contribution in [0.3, 0.4) is 0 Å². The van der Waals surface area contributed by atoms with Gasteiger partial charge in [-0.1, -0.05) is 0 Å². The monoisotopic (exact) mass is 273 g/mol. The summed E-state index contributed by atoms with van der Waals surface area (Å²) in [5, 5.41) is 0. The molecule has 0 aliphatic rings. The van der Waals surface area contributed by atoms with Crippen molar-refractivity contribution in [3.63, 3.8) is 0 Å². The van der Waals surface area contributed by atoms with Crippen LogP contribution in [0, 0.1) is 0 Å². The van der Waals surface area contributed by atoms with E-state index in [0.29, 0.717) is 19.0 Å². The molecule has 0 heterocycles. The Labute approximate surface area is 108 Å². The van der Waals surface area contributed by atoms with Crippen molar-refractivity contribution >= 4 is 10.0 Å². The standard InChI is InChI=1S/C12H19NO4S/c1-4-17-11-5-7-12(8-6-11)18(14,15)13-10(2)9-16-3/h5-8,10,13H,4,9H2,1-3H3/t10-/m1/s1. The van der Waals surface area contributed by atoms with Crippen LogP contribution in [0.1, 0.15) is 13.8 Å². The number of sulfonamides is 1. The maximum absolute atomic E-state index is 12.0. The van der Waals surface area contributed by atoms with Crippen molar-refractivity contribution in [1.82, 2.24) is 4.72 Å². The summed E-state index contributed by atoms with van der Waals surface area (Å²) in [4.78, 5) is 0.217. The van der Waals surface area contributed by atoms with Gasteiger partial charge in [-0.2, -0.15) is 0 Å². The molecule has 0 aliphatic carbocycles. The molecule has 6 heteroatoms. The molecule has 0 saturated carbocycles. The first-order valence-electron chi connectivity index (χ1n) is 5.73. The number of hydrogen-bond acceptors (Lipinski definition) is 4. The molecule has 0 spiro atoms. The first kappa shape index (κ1) is 14.9. The van der Waals surface area contributed by atoms with Gasteiger partial charge in [0.05, 0.1) is 18.1 Å². The molecule has 1 atom stereocenters. The number of ether oxygens (including phenoxy) is 2. The minimum atomic E-state index is -3.50. The molecule has 0 bridgehead atoms. The molecule has 0 aromatic heterocycles. The molecule has 18 heavy (non-hydrogen) atoms. The molecule has 1 aromatic rings. The van der Waals surface area contributed by atoms with Gasteiger partial charge in [0.25, 0.3) is 0 Å². The van der Waals surface area contributed by atoms with Gasteiger partial charge in [0.2, 0.25) is 10.0 Å². The van der Waals surface area contributed by atoms with E-state index in [9.17, 15) is 8.42 Å². The van der Waals surface area contributed by atoms with Gasteiger partial charge in [0.15, 0.2) is 0 Å². The lowest BCUT2D eigenvalue weighted by atomic mass is 10.3. The fourth-order valence-corrected chi connectivity index (χ4v) is 2.73. The highest BCUT2D eigenvalue weighted by Crippen LogP contribution is 2.16. The second-order valence-corrected chi connectivity index (χ2v) is 5.60. The molecule has 1 rings (SSSR count). The highest BCUT2D eigenvalue weighted by molar-refractivity contribution is 7.89. The third-order valence-corrected chi connectivity index (χ3v) is 3.82. The molecule has 0 saturated heterocycles. The van der Waals surface area contributed by atoms with Gasteiger partial charge in [-0.05, 0) is 38.1 Å². The Kier molecular flexibility index (Phi) is 5.58. The summed E-state index contributed by atoms with van der Waals surface area (Å²) in [6, 6.07) is 6.05. The lowest BCUT2D eigenvalue weighted by Crippen LogP contribution is -2.35. The first-order valence-corrected chi connectivity index (χ1v) is 7.22. The Morgan fingerprint density at radius 1 is 1.28 bits per heavy atom. The van der Waals surface area contributed by atoms with Crippen molar-refractivity contribution in [1.29, 1.82) is 0 Å². The van der Waals surface area contributed by atoms with Crippen LogP contribution >= 0.6 is 0 Å². The second kappa shape index (κ2) is 6.72. The van der Waals surface area contributed by atoms with Crippen molar-refractivity contribution in [2.45, 2.75) is 24.8 Å². The Bertz CT molecular complexity index is 455. The van der Waals surface area contributed by atoms with Gasteiger partial charge >= 0.3 is 0 Å². The van der Waals surface area contributed by atoms with Gasteiger partial charge in [0, 0.05) is 13.2 Å². The number of methoxy groups -OCH3 is 1. The largest absolute Gasteiger partial charge is 0.494 e. The Morgan fingerprint density at radius 2 is 1.89 bits per heavy atom. The SMILES string of the molecule is CCOc1ccc(S(=O)(=O)N[C@H](C)COC)cc1. The zero-order chi connectivity index (χ0) is 13.6. The maximum Gasteiger partial charge on any atom is 0.240 e. The normalized spacial score (nSPS) is 13.3. The minimum absolute atomic E-state index is 0.217. The summed E-state index contributed by atoms with van der Waals surface area (Å²) in [6.07, 6.45) is 0. The van der Waals surface area contributed by atoms with Crippen molar-refractivity contribution in [2.75, 3.05) is 20.3 Å². The van der Waals surface area contributed by atoms with E-state index in [4.69, 9.17) is 9.47 Å². The highest BCUT2D eigenvalue weighted by Gasteiger charge is 2.17. The smallest absolute Gasteiger partial charge is 0.240 e. The zero-order valence-electron chi connectivity index (χ0n) is 10.8. The minimum Gasteiger partial charge on any atom is -0.494 e. The van der Waals surface area contributed by atoms with Gasteiger partial charge in [-0.3, -0.25) is 0 Å². The molecule has 102 valence electrons. The summed E-state index contributed by atoms with van der Waals surface area (Å²) >= 11 is 0. The van der Waals surface area contributed by atoms with E-state index in [2.05, 4.69) is 4.72 Å². The molecular formula is C12H19NO4S. The fourth-order valence-electron chi connectivity index (χ4n) is 1.50. The van der Waals surface area contributed by atoms with Gasteiger partial charge < -0.3 is 9.47 Å². The third kappa shape index (κ3) is 4.29. The van der Waals surface area contributed by atoms with Crippen LogP contribution in [-0.2, 0) is 14.8 Å². The first-order chi connectivity index (χ1) is 8.49. The van der Waals surface area contributed by atoms with E-state index in [1.807, 2.05) is 6.92 Å². The molecular weight excluding hydrogens is 254 g/mol. The van der Waals surface area contributed by atoms with Gasteiger partial charge in [0.1, 0.15) is 5.75 Å². The average molecular weight is 273 g/mol. The highest BCUT2D eigenvalue weighted by atomic mass is 32.2. The van der Waals surface area contributed by atoms with E-state index in [0.717, 1.165) is 0 Å². The summed E-state index contributed by atoms with van der Waals surface area (Å²) in [6.45, 7) is 4.50. The van der Waals surface area contributed by atoms with Crippen molar-refractivity contribution in [2.24, 2.45) is 0 Å². The van der Waals surface area contributed by atoms with Crippen molar-refractivity contribution < 1.29 is 17.9 Å². The maximum atomic E-state index is 12.0. The second-order valence-electron chi connectivity index (χ2n) is 3.88. The molecule has 1 aromatic carbocycles. The van der Waals surface area contributed by atoms with Crippen LogP contribution < -0.4 is 9.46 Å². The predicted octanol–water partition coefficient (Wildman–Crippen LogP) is 1.40. The Balaban J connectivity index is 2.78. The molecule has 5 nitrogen and oxygen atoms in total. The molecule has 0 unspecified atom stereocenters. The van der Waals surface area contributed by atoms with Crippen molar-refractivity contribution in [3.8, 4) is 5.75 Å². The van der Waals surface area contributed by atoms with Gasteiger partial charge in [-0.25, -0.2) is 13.1 Å². The fraction of sp³-hybridized carbons (Fsp3) is 0.500. The summed E-state index contributed by atoms with van der Waals surface area (Å²) in [5.74, 6) is 0.654. The van der Waals surface area contributed by atoms with Crippen LogP contribution in [0.5, 0.6) is 5.75 Å². The topological polar surface area (TPSA) is 64.6 Å². The summed E-state index contributed by atoms with van der Waals surface area (Å²) < 4.78 is 36.6. The Hall–Kier alpha value is -1.11. The Morgan fingerprint density at radius 3 is 2.39 bits per heavy atom. The number of hydrogen-bond donors (Lipinski definition) is 1. The summed E-state index contributed by atoms with van der Waals surface area (Å²) in [5.41, 5.74) is 0. The lowest BCUT2D eigenvalue weighted by Gasteiger charge is -2.13. The lowest BCUT2D eigenvalue weighted by molar-refractivity contribution is 0.180. The molecule has 0 radical (unpaired) electrons. The van der Waals surface area contributed by atoms with Crippen LogP contribution in [0.4, 0.5) is 0 Å². The van der Waals surface area contributed by atoms with Crippen LogP contribution in [0.15, 0.2) is 29.2 Å². The van der Waals surface area contributed by atoms with E-state index in [1.54, 1.807) is 19.1 Å². The van der Waals surface area contributed by atoms with E-state index in [-0.39, 0.29) is 10.9 Å². The number of nitrogens with one attached hydrogen (secondary N) is 1. The number of benzene rings is 1. The van der Waals surface area contributed by atoms with Crippen molar-refractivity contribution in [3.05, 3.63) is 24.3 Å². The van der Waals surface area contributed by atoms with E-state index >= 15 is 0 Å². The molecule has 0 aliphatic heterocycles.